The van der Waals surface area contributed by atoms with Gasteiger partial charge in [0.15, 0.2) is 0 Å². The summed E-state index contributed by atoms with van der Waals surface area (Å²) >= 11 is 0. The van der Waals surface area contributed by atoms with Crippen molar-refractivity contribution in [2.45, 2.75) is 6.42 Å². The average Bonchev–Trinajstić information content (AvgIpc) is 2.44. The molecule has 10 heavy (non-hydrogen) atoms. The minimum atomic E-state index is 0. The third-order valence-electron chi connectivity index (χ3n) is 0.726. The Morgan fingerprint density at radius 2 is 2.20 bits per heavy atom. The summed E-state index contributed by atoms with van der Waals surface area (Å²) in [7, 11) is 0. The van der Waals surface area contributed by atoms with Gasteiger partial charge in [-0.15, -0.1) is 0 Å². The zero-order chi connectivity index (χ0) is 7.66. The first kappa shape index (κ1) is 8.45. The molecule has 0 aromatic rings. The van der Waals surface area contributed by atoms with Crippen LogP contribution in [0.2, 0.25) is 0 Å². The number of hydrogen-bond acceptors (Lipinski definition) is 4. The molecule has 0 amide bonds. The lowest BCUT2D eigenvalue weighted by Gasteiger charge is -1.75. The first-order valence-electron chi connectivity index (χ1n) is 2.87. The van der Waals surface area contributed by atoms with Gasteiger partial charge in [0.05, 0.1) is 25.0 Å². The van der Waals surface area contributed by atoms with Crippen LogP contribution in [-0.2, 0) is 0 Å². The van der Waals surface area contributed by atoms with E-state index in [0.717, 1.165) is 13.1 Å². The number of nitriles is 2. The zero-order valence-corrected chi connectivity index (χ0v) is 5.54. The lowest BCUT2D eigenvalue weighted by molar-refractivity contribution is 0.965. The number of hydrogen-bond donors (Lipinski definition) is 1. The molecule has 0 radical (unpaired) electrons. The molecule has 0 aromatic heterocycles. The fourth-order valence-corrected chi connectivity index (χ4v) is 0.358. The maximum atomic E-state index is 7.59. The van der Waals surface area contributed by atoms with Crippen molar-refractivity contribution in [2.24, 2.45) is 4.99 Å². The molecule has 0 saturated heterocycles. The van der Waals surface area contributed by atoms with Crippen LogP contribution in [0.4, 0.5) is 0 Å². The van der Waals surface area contributed by atoms with Crippen LogP contribution in [0.5, 0.6) is 0 Å². The minimum Gasteiger partial charge on any atom is -0.375 e. The van der Waals surface area contributed by atoms with Gasteiger partial charge in [-0.3, -0.25) is 4.99 Å². The van der Waals surface area contributed by atoms with Gasteiger partial charge >= 0.3 is 0 Å². The quantitative estimate of drug-likeness (QED) is 0.511. The van der Waals surface area contributed by atoms with E-state index in [1.54, 1.807) is 18.5 Å². The Bertz CT molecular complexity index is 153. The smallest absolute Gasteiger partial charge is 0.122 e. The fraction of sp³-hybridized carbons (Fsp3) is 0.500. The number of nitrogens with one attached hydrogen (secondary N) is 1. The second kappa shape index (κ2) is 7.45. The lowest BCUT2D eigenvalue weighted by Crippen LogP contribution is -2.04. The summed E-state index contributed by atoms with van der Waals surface area (Å²) < 4.78 is 0. The molecular weight excluding hydrogens is 128 g/mol. The number of nitrogens with zero attached hydrogens (tertiary/aromatic N) is 3. The van der Waals surface area contributed by atoms with Gasteiger partial charge in [0.25, 0.3) is 0 Å². The maximum Gasteiger partial charge on any atom is 0.122 e. The summed E-state index contributed by atoms with van der Waals surface area (Å²) in [4.78, 5) is 3.85. The molecule has 52 valence electrons. The highest BCUT2D eigenvalue weighted by Crippen LogP contribution is 1.68. The first-order valence-corrected chi connectivity index (χ1v) is 2.87. The fourth-order valence-electron chi connectivity index (χ4n) is 0.358. The average molecular weight is 136 g/mol. The van der Waals surface area contributed by atoms with Crippen molar-refractivity contribution >= 4 is 6.34 Å². The molecule has 0 aliphatic carbocycles. The van der Waals surface area contributed by atoms with Gasteiger partial charge in [0, 0.05) is 6.54 Å². The topological polar surface area (TPSA) is 72.0 Å². The normalized spacial score (nSPS) is 11.8. The Morgan fingerprint density at radius 1 is 1.50 bits per heavy atom. The predicted octanol–water partition coefficient (Wildman–Crippen LogP) is 0.0416. The van der Waals surface area contributed by atoms with Gasteiger partial charge in [0.2, 0.25) is 0 Å². The van der Waals surface area contributed by atoms with E-state index in [2.05, 4.69) is 10.3 Å². The minimum absolute atomic E-state index is 0. The van der Waals surface area contributed by atoms with E-state index in [9.17, 15) is 0 Å². The highest BCUT2D eigenvalue weighted by molar-refractivity contribution is 5.56. The van der Waals surface area contributed by atoms with Gasteiger partial charge in [-0.2, -0.15) is 10.5 Å². The van der Waals surface area contributed by atoms with E-state index in [0.29, 0.717) is 0 Å². The summed E-state index contributed by atoms with van der Waals surface area (Å²) in [5, 5.41) is 18.1. The largest absolute Gasteiger partial charge is 0.375 e. The maximum absolute atomic E-state index is 7.59. The van der Waals surface area contributed by atoms with Crippen LogP contribution >= 0.6 is 0 Å². The highest BCUT2D eigenvalue weighted by Gasteiger charge is 1.82. The van der Waals surface area contributed by atoms with Crippen molar-refractivity contribution in [2.75, 3.05) is 13.1 Å². The van der Waals surface area contributed by atoms with Crippen molar-refractivity contribution in [3.05, 3.63) is 0 Å². The van der Waals surface area contributed by atoms with E-state index < -0.39 is 0 Å². The standard InChI is InChI=1S/C3H6N2.C3H2N2/c1-2-5-3-4-1;4-2-1-3-5/h3H,1-2H2,(H,4,5);1H2. The lowest BCUT2D eigenvalue weighted by atomic mass is 10.5. The Labute approximate surface area is 59.8 Å². The summed E-state index contributed by atoms with van der Waals surface area (Å²) in [5.74, 6) is 0. The van der Waals surface area contributed by atoms with Gasteiger partial charge in [0.1, 0.15) is 6.42 Å². The Balaban J connectivity index is 0.000000162. The Hall–Kier alpha value is -1.55. The molecule has 1 aliphatic rings. The van der Waals surface area contributed by atoms with Crippen LogP contribution in [-0.4, -0.2) is 19.4 Å². The molecule has 4 nitrogen and oxygen atoms in total. The van der Waals surface area contributed by atoms with Crippen molar-refractivity contribution in [3.8, 4) is 12.1 Å². The van der Waals surface area contributed by atoms with Crippen LogP contribution < -0.4 is 5.32 Å². The molecular formula is C6H8N4. The van der Waals surface area contributed by atoms with Crippen LogP contribution in [0.25, 0.3) is 0 Å². The van der Waals surface area contributed by atoms with Crippen molar-refractivity contribution in [1.29, 1.82) is 10.5 Å². The van der Waals surface area contributed by atoms with Crippen LogP contribution in [0.15, 0.2) is 4.99 Å². The first-order chi connectivity index (χ1) is 4.91. The third kappa shape index (κ3) is 6.45. The van der Waals surface area contributed by atoms with E-state index in [1.165, 1.54) is 0 Å². The molecule has 0 unspecified atom stereocenters. The number of rotatable bonds is 0. The molecule has 0 spiro atoms. The van der Waals surface area contributed by atoms with E-state index in [4.69, 9.17) is 10.5 Å². The highest BCUT2D eigenvalue weighted by atomic mass is 15.0. The Morgan fingerprint density at radius 3 is 2.30 bits per heavy atom. The molecule has 1 rings (SSSR count). The molecule has 1 N–H and O–H groups in total. The Kier molecular flexibility index (Phi) is 6.30. The predicted molar refractivity (Wildman–Crippen MR) is 37.2 cm³/mol. The van der Waals surface area contributed by atoms with Crippen LogP contribution in [0.3, 0.4) is 0 Å². The number of aliphatic imine (C=N–C) groups is 1. The van der Waals surface area contributed by atoms with E-state index in [1.807, 2.05) is 0 Å². The molecule has 0 saturated carbocycles. The molecule has 4 heteroatoms. The van der Waals surface area contributed by atoms with Crippen molar-refractivity contribution in [1.82, 2.24) is 5.32 Å². The van der Waals surface area contributed by atoms with Crippen molar-refractivity contribution in [3.63, 3.8) is 0 Å². The molecule has 1 heterocycles. The molecule has 0 aromatic carbocycles. The van der Waals surface area contributed by atoms with Gasteiger partial charge in [-0.05, 0) is 0 Å². The van der Waals surface area contributed by atoms with Gasteiger partial charge in [-0.1, -0.05) is 0 Å². The van der Waals surface area contributed by atoms with Crippen LogP contribution in [0, 0.1) is 22.7 Å². The van der Waals surface area contributed by atoms with Gasteiger partial charge in [-0.25, -0.2) is 0 Å². The summed E-state index contributed by atoms with van der Waals surface area (Å²) in [5.41, 5.74) is 0. The summed E-state index contributed by atoms with van der Waals surface area (Å²) in [6.45, 7) is 1.99. The summed E-state index contributed by atoms with van der Waals surface area (Å²) in [6, 6.07) is 3.31. The second-order valence-corrected chi connectivity index (χ2v) is 1.48. The van der Waals surface area contributed by atoms with E-state index in [-0.39, 0.29) is 6.42 Å². The molecule has 0 bridgehead atoms. The third-order valence-corrected chi connectivity index (χ3v) is 0.726. The van der Waals surface area contributed by atoms with Crippen molar-refractivity contribution < 1.29 is 0 Å². The second-order valence-electron chi connectivity index (χ2n) is 1.48. The van der Waals surface area contributed by atoms with Gasteiger partial charge < -0.3 is 5.32 Å². The monoisotopic (exact) mass is 136 g/mol. The molecule has 1 aliphatic heterocycles. The molecule has 0 fully saturated rings. The van der Waals surface area contributed by atoms with E-state index >= 15 is 0 Å². The molecule has 0 atom stereocenters. The zero-order valence-electron chi connectivity index (χ0n) is 5.54. The summed E-state index contributed by atoms with van der Waals surface area (Å²) in [6.07, 6.45) is 1.74. The van der Waals surface area contributed by atoms with Crippen LogP contribution in [0.1, 0.15) is 6.42 Å². The SMILES string of the molecule is C1=NCCN1.N#CCC#N.